The zero-order chi connectivity index (χ0) is 21.7. The van der Waals surface area contributed by atoms with Crippen LogP contribution in [0, 0.1) is 0 Å². The van der Waals surface area contributed by atoms with Gasteiger partial charge in [-0.2, -0.15) is 17.5 Å². The van der Waals surface area contributed by atoms with Gasteiger partial charge in [-0.3, -0.25) is 14.6 Å². The number of amides is 2. The number of alkyl halides is 3. The molecule has 0 fully saturated rings. The Kier molecular flexibility index (Phi) is 6.46. The van der Waals surface area contributed by atoms with E-state index in [2.05, 4.69) is 20.0 Å². The van der Waals surface area contributed by atoms with Gasteiger partial charge in [0.05, 0.1) is 16.9 Å². The van der Waals surface area contributed by atoms with Crippen LogP contribution in [0.4, 0.5) is 18.9 Å². The maximum absolute atomic E-state index is 12.7. The molecule has 10 heteroatoms. The molecule has 0 radical (unpaired) electrons. The molecular weight excluding hydrogens is 417 g/mol. The molecule has 0 bridgehead atoms. The number of rotatable bonds is 6. The van der Waals surface area contributed by atoms with E-state index >= 15 is 0 Å². The van der Waals surface area contributed by atoms with Crippen LogP contribution >= 0.6 is 11.5 Å². The third-order valence-electron chi connectivity index (χ3n) is 4.13. The van der Waals surface area contributed by atoms with Crippen LogP contribution in [0.1, 0.15) is 34.1 Å². The Morgan fingerprint density at radius 2 is 1.83 bits per heavy atom. The Morgan fingerprint density at radius 3 is 2.43 bits per heavy atom. The number of benzene rings is 1. The molecule has 0 aliphatic rings. The molecule has 1 aromatic carbocycles. The summed E-state index contributed by atoms with van der Waals surface area (Å²) in [6.07, 6.45) is -2.63. The van der Waals surface area contributed by atoms with E-state index in [0.29, 0.717) is 17.0 Å². The monoisotopic (exact) mass is 434 g/mol. The third-order valence-corrected chi connectivity index (χ3v) is 4.97. The van der Waals surface area contributed by atoms with E-state index in [9.17, 15) is 22.8 Å². The first-order valence-electron chi connectivity index (χ1n) is 8.95. The van der Waals surface area contributed by atoms with Gasteiger partial charge in [0, 0.05) is 19.2 Å². The highest BCUT2D eigenvalue weighted by Gasteiger charge is 2.30. The lowest BCUT2D eigenvalue weighted by atomic mass is 10.1. The summed E-state index contributed by atoms with van der Waals surface area (Å²) in [6.45, 7) is 1.70. The quantitative estimate of drug-likeness (QED) is 0.598. The average molecular weight is 434 g/mol. The average Bonchev–Trinajstić information content (AvgIpc) is 3.15. The second-order valence-electron chi connectivity index (χ2n) is 6.23. The van der Waals surface area contributed by atoms with Crippen molar-refractivity contribution in [2.75, 3.05) is 5.32 Å². The lowest BCUT2D eigenvalue weighted by molar-refractivity contribution is -0.137. The minimum absolute atomic E-state index is 0.0228. The van der Waals surface area contributed by atoms with Gasteiger partial charge < -0.3 is 10.6 Å². The largest absolute Gasteiger partial charge is 0.416 e. The van der Waals surface area contributed by atoms with Crippen LogP contribution in [-0.2, 0) is 17.5 Å². The molecule has 0 unspecified atom stereocenters. The molecular formula is C20H17F3N4O2S. The van der Waals surface area contributed by atoms with Crippen LogP contribution in [0.25, 0.3) is 11.4 Å². The molecule has 6 nitrogen and oxygen atoms in total. The number of hydrogen-bond acceptors (Lipinski definition) is 5. The van der Waals surface area contributed by atoms with E-state index in [1.54, 1.807) is 31.3 Å². The number of nitrogens with one attached hydrogen (secondary N) is 2. The molecule has 0 saturated heterocycles. The number of pyridine rings is 1. The van der Waals surface area contributed by atoms with Crippen molar-refractivity contribution in [3.05, 3.63) is 64.7 Å². The van der Waals surface area contributed by atoms with Crippen molar-refractivity contribution in [3.8, 4) is 11.4 Å². The second-order valence-corrected chi connectivity index (χ2v) is 7.00. The highest BCUT2D eigenvalue weighted by atomic mass is 32.1. The van der Waals surface area contributed by atoms with Crippen molar-refractivity contribution >= 4 is 29.0 Å². The van der Waals surface area contributed by atoms with E-state index in [1.807, 2.05) is 0 Å². The smallest absolute Gasteiger partial charge is 0.347 e. The van der Waals surface area contributed by atoms with Crippen molar-refractivity contribution in [3.63, 3.8) is 0 Å². The van der Waals surface area contributed by atoms with Crippen LogP contribution in [0.3, 0.4) is 0 Å². The van der Waals surface area contributed by atoms with Crippen molar-refractivity contribution < 1.29 is 22.8 Å². The summed E-state index contributed by atoms with van der Waals surface area (Å²) < 4.78 is 42.2. The van der Waals surface area contributed by atoms with Crippen molar-refractivity contribution in [1.82, 2.24) is 14.7 Å². The molecule has 0 aliphatic heterocycles. The summed E-state index contributed by atoms with van der Waals surface area (Å²) in [5.41, 5.74) is 0.883. The minimum atomic E-state index is -4.42. The van der Waals surface area contributed by atoms with E-state index in [1.165, 1.54) is 12.1 Å². The van der Waals surface area contributed by atoms with Gasteiger partial charge in [0.2, 0.25) is 5.91 Å². The minimum Gasteiger partial charge on any atom is -0.347 e. The molecule has 3 rings (SSSR count). The first kappa shape index (κ1) is 21.4. The SMILES string of the molecule is CCC(=O)Nc1c(-c2ccccn2)nsc1C(=O)NCc1ccc(C(F)(F)F)cc1. The molecule has 156 valence electrons. The maximum Gasteiger partial charge on any atom is 0.416 e. The van der Waals surface area contributed by atoms with E-state index in [4.69, 9.17) is 0 Å². The first-order chi connectivity index (χ1) is 14.3. The van der Waals surface area contributed by atoms with E-state index < -0.39 is 17.6 Å². The van der Waals surface area contributed by atoms with Crippen LogP contribution in [0.2, 0.25) is 0 Å². The molecule has 2 N–H and O–H groups in total. The number of halogens is 3. The molecule has 0 aliphatic carbocycles. The summed E-state index contributed by atoms with van der Waals surface area (Å²) in [5, 5.41) is 5.34. The predicted octanol–water partition coefficient (Wildman–Crippen LogP) is 4.50. The highest BCUT2D eigenvalue weighted by molar-refractivity contribution is 7.09. The third kappa shape index (κ3) is 5.01. The van der Waals surface area contributed by atoms with Crippen LogP contribution in [0.5, 0.6) is 0 Å². The van der Waals surface area contributed by atoms with Gasteiger partial charge in [-0.15, -0.1) is 0 Å². The first-order valence-corrected chi connectivity index (χ1v) is 9.72. The lowest BCUT2D eigenvalue weighted by Gasteiger charge is -2.10. The number of anilines is 1. The van der Waals surface area contributed by atoms with Crippen LogP contribution < -0.4 is 10.6 Å². The Balaban J connectivity index is 1.80. The normalized spacial score (nSPS) is 11.2. The molecule has 0 saturated carbocycles. The number of nitrogens with zero attached hydrogens (tertiary/aromatic N) is 2. The van der Waals surface area contributed by atoms with Gasteiger partial charge in [0.1, 0.15) is 10.6 Å². The van der Waals surface area contributed by atoms with Gasteiger partial charge in [-0.25, -0.2) is 0 Å². The van der Waals surface area contributed by atoms with E-state index in [-0.39, 0.29) is 29.4 Å². The topological polar surface area (TPSA) is 84.0 Å². The summed E-state index contributed by atoms with van der Waals surface area (Å²) in [4.78, 5) is 29.0. The zero-order valence-corrected chi connectivity index (χ0v) is 16.6. The number of carbonyl (C=O) groups excluding carboxylic acids is 2. The molecule has 2 aromatic heterocycles. The van der Waals surface area contributed by atoms with Gasteiger partial charge in [-0.05, 0) is 41.4 Å². The summed E-state index contributed by atoms with van der Waals surface area (Å²) in [7, 11) is 0. The fraction of sp³-hybridized carbons (Fsp3) is 0.200. The molecule has 30 heavy (non-hydrogen) atoms. The van der Waals surface area contributed by atoms with Gasteiger partial charge in [-0.1, -0.05) is 25.1 Å². The Morgan fingerprint density at radius 1 is 1.10 bits per heavy atom. The Bertz CT molecular complexity index is 1030. The lowest BCUT2D eigenvalue weighted by Crippen LogP contribution is -2.23. The molecule has 2 amide bonds. The zero-order valence-electron chi connectivity index (χ0n) is 15.8. The van der Waals surface area contributed by atoms with Gasteiger partial charge in [0.15, 0.2) is 0 Å². The number of carbonyl (C=O) groups is 2. The van der Waals surface area contributed by atoms with Crippen molar-refractivity contribution in [2.24, 2.45) is 0 Å². The number of hydrogen-bond donors (Lipinski definition) is 2. The van der Waals surface area contributed by atoms with E-state index in [0.717, 1.165) is 23.7 Å². The molecule has 0 atom stereocenters. The summed E-state index contributed by atoms with van der Waals surface area (Å²) >= 11 is 0.907. The van der Waals surface area contributed by atoms with Crippen molar-refractivity contribution in [2.45, 2.75) is 26.1 Å². The van der Waals surface area contributed by atoms with Gasteiger partial charge >= 0.3 is 6.18 Å². The Hall–Kier alpha value is -3.27. The van der Waals surface area contributed by atoms with Gasteiger partial charge in [0.25, 0.3) is 5.91 Å². The fourth-order valence-corrected chi connectivity index (χ4v) is 3.30. The predicted molar refractivity (Wildman–Crippen MR) is 107 cm³/mol. The molecule has 2 heterocycles. The Labute approximate surface area is 174 Å². The highest BCUT2D eigenvalue weighted by Crippen LogP contribution is 2.33. The maximum atomic E-state index is 12.7. The summed E-state index contributed by atoms with van der Waals surface area (Å²) in [5.74, 6) is -0.787. The second kappa shape index (κ2) is 9.04. The fourth-order valence-electron chi connectivity index (χ4n) is 2.54. The standard InChI is InChI=1S/C20H17F3N4O2S/c1-2-15(28)26-17-16(14-5-3-4-10-24-14)27-30-18(17)19(29)25-11-12-6-8-13(9-7-12)20(21,22)23/h3-10H,2,11H2,1H3,(H,25,29)(H,26,28). The van der Waals surface area contributed by atoms with Crippen molar-refractivity contribution in [1.29, 1.82) is 0 Å². The molecule has 3 aromatic rings. The summed E-state index contributed by atoms with van der Waals surface area (Å²) in [6, 6.07) is 9.72. The molecule has 0 spiro atoms. The van der Waals surface area contributed by atoms with Crippen LogP contribution in [0.15, 0.2) is 48.7 Å². The number of aromatic nitrogens is 2. The van der Waals surface area contributed by atoms with Crippen LogP contribution in [-0.4, -0.2) is 21.2 Å².